The van der Waals surface area contributed by atoms with E-state index >= 15 is 0 Å². The Bertz CT molecular complexity index is 360. The fourth-order valence-corrected chi connectivity index (χ4v) is 0.897. The quantitative estimate of drug-likeness (QED) is 0.620. The second-order valence-electron chi connectivity index (χ2n) is 2.21. The third-order valence-corrected chi connectivity index (χ3v) is 1.48. The van der Waals surface area contributed by atoms with E-state index in [1.54, 1.807) is 18.2 Å². The van der Waals surface area contributed by atoms with Gasteiger partial charge in [0, 0.05) is 5.56 Å². The number of hydrogen-bond acceptors (Lipinski definition) is 2. The zero-order chi connectivity index (χ0) is 8.97. The minimum atomic E-state index is -1.46. The largest absolute Gasteiger partial charge is 0.211 e. The molecule has 57 valence electrons. The molecule has 0 aliphatic rings. The van der Waals surface area contributed by atoms with Gasteiger partial charge < -0.3 is 0 Å². The summed E-state index contributed by atoms with van der Waals surface area (Å²) in [7, 11) is 0. The zero-order valence-corrected chi connectivity index (χ0v) is 6.19. The highest BCUT2D eigenvalue weighted by molar-refractivity contribution is 5.40. The number of nitrogens with zero attached hydrogens (tertiary/aromatic N) is 2. The van der Waals surface area contributed by atoms with E-state index in [0.717, 1.165) is 0 Å². The Balaban J connectivity index is 3.18. The molecule has 0 aliphatic heterocycles. The summed E-state index contributed by atoms with van der Waals surface area (Å²) in [4.78, 5) is 0. The smallest absolute Gasteiger partial charge is 0.205 e. The molecule has 1 rings (SSSR count). The minimum absolute atomic E-state index is 0.252. The van der Waals surface area contributed by atoms with Crippen molar-refractivity contribution in [2.24, 2.45) is 0 Å². The molecule has 1 aromatic rings. The summed E-state index contributed by atoms with van der Waals surface area (Å²) in [6.07, 6.45) is -1.46. The Morgan fingerprint density at radius 2 is 1.92 bits per heavy atom. The maximum Gasteiger partial charge on any atom is 0.205 e. The van der Waals surface area contributed by atoms with Crippen LogP contribution >= 0.6 is 0 Å². The van der Waals surface area contributed by atoms with Gasteiger partial charge in [-0.25, -0.2) is 5.11 Å². The molecule has 1 unspecified atom stereocenters. The minimum Gasteiger partial charge on any atom is -0.211 e. The van der Waals surface area contributed by atoms with Gasteiger partial charge in [0.2, 0.25) is 6.10 Å². The molecular formula is C9H5N2O. The molecule has 1 radical (unpaired) electrons. The van der Waals surface area contributed by atoms with Gasteiger partial charge in [0.15, 0.2) is 0 Å². The summed E-state index contributed by atoms with van der Waals surface area (Å²) in [6, 6.07) is 9.73. The average molecular weight is 157 g/mol. The number of nitriles is 2. The van der Waals surface area contributed by atoms with Gasteiger partial charge in [0.1, 0.15) is 6.07 Å². The molecule has 0 heterocycles. The highest BCUT2D eigenvalue weighted by Gasteiger charge is 2.11. The van der Waals surface area contributed by atoms with Crippen molar-refractivity contribution in [3.05, 3.63) is 35.4 Å². The van der Waals surface area contributed by atoms with E-state index in [0.29, 0.717) is 0 Å². The monoisotopic (exact) mass is 157 g/mol. The molecule has 0 amide bonds. The highest BCUT2D eigenvalue weighted by Crippen LogP contribution is 2.16. The van der Waals surface area contributed by atoms with Crippen molar-refractivity contribution >= 4 is 0 Å². The number of rotatable bonds is 1. The summed E-state index contributed by atoms with van der Waals surface area (Å²) >= 11 is 0. The Morgan fingerprint density at radius 3 is 2.50 bits per heavy atom. The molecule has 0 saturated heterocycles. The van der Waals surface area contributed by atoms with Crippen molar-refractivity contribution < 1.29 is 5.11 Å². The van der Waals surface area contributed by atoms with Crippen LogP contribution in [-0.4, -0.2) is 0 Å². The fourth-order valence-electron chi connectivity index (χ4n) is 0.897. The van der Waals surface area contributed by atoms with Crippen molar-refractivity contribution in [3.8, 4) is 12.1 Å². The van der Waals surface area contributed by atoms with Crippen LogP contribution in [0.25, 0.3) is 0 Å². The van der Waals surface area contributed by atoms with E-state index in [-0.39, 0.29) is 11.1 Å². The molecule has 12 heavy (non-hydrogen) atoms. The van der Waals surface area contributed by atoms with Gasteiger partial charge >= 0.3 is 0 Å². The van der Waals surface area contributed by atoms with E-state index in [1.165, 1.54) is 12.1 Å². The van der Waals surface area contributed by atoms with E-state index in [9.17, 15) is 5.11 Å². The predicted molar refractivity (Wildman–Crippen MR) is 40.2 cm³/mol. The summed E-state index contributed by atoms with van der Waals surface area (Å²) in [5.41, 5.74) is 0.529. The summed E-state index contributed by atoms with van der Waals surface area (Å²) in [5.74, 6) is 0. The first-order valence-corrected chi connectivity index (χ1v) is 3.34. The highest BCUT2D eigenvalue weighted by atomic mass is 16.3. The molecule has 1 aromatic carbocycles. The molecule has 0 aliphatic carbocycles. The van der Waals surface area contributed by atoms with Crippen LogP contribution in [0.5, 0.6) is 0 Å². The maximum atomic E-state index is 11.0. The Kier molecular flexibility index (Phi) is 2.42. The van der Waals surface area contributed by atoms with Crippen molar-refractivity contribution in [3.63, 3.8) is 0 Å². The van der Waals surface area contributed by atoms with Crippen LogP contribution in [0.1, 0.15) is 17.2 Å². The van der Waals surface area contributed by atoms with Gasteiger partial charge in [0.25, 0.3) is 0 Å². The first kappa shape index (κ1) is 8.26. The molecule has 0 aromatic heterocycles. The molecule has 1 atom stereocenters. The number of benzene rings is 1. The van der Waals surface area contributed by atoms with E-state index in [2.05, 4.69) is 0 Å². The first-order chi connectivity index (χ1) is 5.79. The molecular weight excluding hydrogens is 152 g/mol. The lowest BCUT2D eigenvalue weighted by Gasteiger charge is -2.00. The van der Waals surface area contributed by atoms with Crippen LogP contribution < -0.4 is 0 Å². The summed E-state index contributed by atoms with van der Waals surface area (Å²) in [6.45, 7) is 0. The molecule has 0 spiro atoms. The molecule has 3 nitrogen and oxygen atoms in total. The van der Waals surface area contributed by atoms with Crippen LogP contribution in [0.15, 0.2) is 24.3 Å². The number of hydrogen-bond donors (Lipinski definition) is 0. The summed E-state index contributed by atoms with van der Waals surface area (Å²) in [5, 5.41) is 27.9. The van der Waals surface area contributed by atoms with Gasteiger partial charge in [-0.1, -0.05) is 18.2 Å². The zero-order valence-electron chi connectivity index (χ0n) is 6.19. The van der Waals surface area contributed by atoms with E-state index in [1.807, 2.05) is 6.07 Å². The molecule has 0 bridgehead atoms. The van der Waals surface area contributed by atoms with Gasteiger partial charge in [-0.15, -0.1) is 0 Å². The second kappa shape index (κ2) is 3.52. The van der Waals surface area contributed by atoms with Crippen LogP contribution in [0.4, 0.5) is 0 Å². The van der Waals surface area contributed by atoms with Crippen LogP contribution in [0.3, 0.4) is 0 Å². The van der Waals surface area contributed by atoms with Crippen molar-refractivity contribution in [2.45, 2.75) is 6.10 Å². The van der Waals surface area contributed by atoms with Crippen LogP contribution in [0.2, 0.25) is 0 Å². The first-order valence-electron chi connectivity index (χ1n) is 3.34. The standard InChI is InChI=1S/C9H5N2O/c10-5-7-3-1-2-4-8(7)9(12)6-11/h1-4,9H. The van der Waals surface area contributed by atoms with Crippen LogP contribution in [0, 0.1) is 22.7 Å². The Hall–Kier alpha value is -1.84. The van der Waals surface area contributed by atoms with Gasteiger partial charge in [-0.05, 0) is 6.07 Å². The predicted octanol–water partition coefficient (Wildman–Crippen LogP) is 1.55. The molecule has 0 N–H and O–H groups in total. The molecule has 0 saturated carbocycles. The van der Waals surface area contributed by atoms with Crippen LogP contribution in [-0.2, 0) is 5.11 Å². The second-order valence-corrected chi connectivity index (χ2v) is 2.21. The summed E-state index contributed by atoms with van der Waals surface area (Å²) < 4.78 is 0. The van der Waals surface area contributed by atoms with Gasteiger partial charge in [0.05, 0.1) is 11.6 Å². The fraction of sp³-hybridized carbons (Fsp3) is 0.111. The third-order valence-electron chi connectivity index (χ3n) is 1.48. The normalized spacial score (nSPS) is 11.2. The Morgan fingerprint density at radius 1 is 1.25 bits per heavy atom. The SMILES string of the molecule is N#Cc1ccccc1C([O])C#N. The van der Waals surface area contributed by atoms with E-state index in [4.69, 9.17) is 10.5 Å². The topological polar surface area (TPSA) is 67.5 Å². The maximum absolute atomic E-state index is 11.0. The lowest BCUT2D eigenvalue weighted by atomic mass is 10.0. The van der Waals surface area contributed by atoms with Crippen molar-refractivity contribution in [1.29, 1.82) is 10.5 Å². The molecule has 3 heteroatoms. The van der Waals surface area contributed by atoms with Crippen molar-refractivity contribution in [1.82, 2.24) is 0 Å². The Labute approximate surface area is 70.1 Å². The van der Waals surface area contributed by atoms with Crippen molar-refractivity contribution in [2.75, 3.05) is 0 Å². The lowest BCUT2D eigenvalue weighted by Crippen LogP contribution is -1.94. The van der Waals surface area contributed by atoms with Gasteiger partial charge in [-0.3, -0.25) is 0 Å². The molecule has 0 fully saturated rings. The van der Waals surface area contributed by atoms with E-state index < -0.39 is 6.10 Å². The van der Waals surface area contributed by atoms with Gasteiger partial charge in [-0.2, -0.15) is 10.5 Å². The lowest BCUT2D eigenvalue weighted by molar-refractivity contribution is 0.137. The third kappa shape index (κ3) is 1.42. The average Bonchev–Trinajstić information content (AvgIpc) is 2.16.